The summed E-state index contributed by atoms with van der Waals surface area (Å²) in [5.74, 6) is 1.72. The van der Waals surface area contributed by atoms with E-state index in [1.54, 1.807) is 0 Å². The maximum absolute atomic E-state index is 6.09. The van der Waals surface area contributed by atoms with Gasteiger partial charge in [-0.1, -0.05) is 18.9 Å². The predicted octanol–water partition coefficient (Wildman–Crippen LogP) is 3.33. The van der Waals surface area contributed by atoms with E-state index in [9.17, 15) is 0 Å². The lowest BCUT2D eigenvalue weighted by molar-refractivity contribution is 0.0262. The molecular weight excluding hydrogens is 287 g/mol. The Hall–Kier alpha value is -1.46. The molecule has 1 aliphatic carbocycles. The first-order valence-electron chi connectivity index (χ1n) is 8.56. The smallest absolute Gasteiger partial charge is 0.395 e. The highest BCUT2D eigenvalue weighted by atomic mass is 16.7. The van der Waals surface area contributed by atoms with Gasteiger partial charge in [0.05, 0.1) is 18.0 Å². The molecule has 1 saturated heterocycles. The summed E-state index contributed by atoms with van der Waals surface area (Å²) in [4.78, 5) is 8.28. The number of benzene rings is 1. The minimum atomic E-state index is -0.560. The summed E-state index contributed by atoms with van der Waals surface area (Å²) >= 11 is 0. The molecule has 0 amide bonds. The zero-order valence-electron chi connectivity index (χ0n) is 14.2. The molecule has 2 heterocycles. The Morgan fingerprint density at radius 3 is 2.61 bits per heavy atom. The van der Waals surface area contributed by atoms with Crippen LogP contribution in [-0.2, 0) is 9.31 Å². The summed E-state index contributed by atoms with van der Waals surface area (Å²) in [7, 11) is -0.380. The molecule has 2 aliphatic rings. The number of hydrogen-bond donors (Lipinski definition) is 1. The maximum atomic E-state index is 6.09. The first-order chi connectivity index (χ1) is 10.9. The fourth-order valence-corrected chi connectivity index (χ4v) is 3.52. The van der Waals surface area contributed by atoms with E-state index in [0.717, 1.165) is 22.3 Å². The number of nitrogens with zero attached hydrogens (tertiary/aromatic N) is 1. The number of nitrogens with one attached hydrogen (secondary N) is 1. The van der Waals surface area contributed by atoms with Crippen LogP contribution in [-0.4, -0.2) is 28.3 Å². The van der Waals surface area contributed by atoms with Crippen molar-refractivity contribution in [1.29, 1.82) is 0 Å². The van der Waals surface area contributed by atoms with E-state index in [0.29, 0.717) is 5.92 Å². The zero-order valence-corrected chi connectivity index (χ0v) is 14.2. The van der Waals surface area contributed by atoms with Crippen LogP contribution in [0.4, 0.5) is 0 Å². The van der Waals surface area contributed by atoms with Gasteiger partial charge in [0.25, 0.3) is 0 Å². The Labute approximate surface area is 138 Å². The zero-order chi connectivity index (χ0) is 16.2. The van der Waals surface area contributed by atoms with Gasteiger partial charge in [-0.05, 0) is 44.3 Å². The molecule has 2 fully saturated rings. The van der Waals surface area contributed by atoms with Crippen molar-refractivity contribution in [2.24, 2.45) is 0 Å². The molecule has 0 spiro atoms. The van der Waals surface area contributed by atoms with Crippen LogP contribution in [0.15, 0.2) is 18.2 Å². The van der Waals surface area contributed by atoms with E-state index in [2.05, 4.69) is 24.0 Å². The van der Waals surface area contributed by atoms with Gasteiger partial charge in [0.15, 0.2) is 0 Å². The summed E-state index contributed by atoms with van der Waals surface area (Å²) in [6, 6.07) is 6.20. The number of imidazole rings is 1. The third-order valence-electron chi connectivity index (χ3n) is 5.58. The average Bonchev–Trinajstić information content (AvgIpc) is 3.17. The normalized spacial score (nSPS) is 28.0. The molecule has 1 unspecified atom stereocenters. The Balaban J connectivity index is 1.64. The number of fused-ring (bicyclic) bond motifs is 1. The summed E-state index contributed by atoms with van der Waals surface area (Å²) < 4.78 is 12.1. The van der Waals surface area contributed by atoms with Crippen molar-refractivity contribution < 1.29 is 9.31 Å². The van der Waals surface area contributed by atoms with Crippen LogP contribution >= 0.6 is 0 Å². The lowest BCUT2D eigenvalue weighted by Crippen LogP contribution is -2.42. The lowest BCUT2D eigenvalue weighted by Gasteiger charge is -2.25. The molecule has 5 heteroatoms. The molecule has 2 aromatic rings. The van der Waals surface area contributed by atoms with Gasteiger partial charge < -0.3 is 14.3 Å². The second kappa shape index (κ2) is 5.02. The van der Waals surface area contributed by atoms with Crippen LogP contribution < -0.4 is 5.46 Å². The van der Waals surface area contributed by atoms with Gasteiger partial charge >= 0.3 is 7.12 Å². The van der Waals surface area contributed by atoms with Crippen LogP contribution in [0.25, 0.3) is 11.0 Å². The minimum Gasteiger partial charge on any atom is -0.395 e. The summed E-state index contributed by atoms with van der Waals surface area (Å²) in [6.45, 7) is 10.2. The largest absolute Gasteiger partial charge is 0.498 e. The van der Waals surface area contributed by atoms with Gasteiger partial charge in [0, 0.05) is 12.8 Å². The van der Waals surface area contributed by atoms with Crippen molar-refractivity contribution in [2.75, 3.05) is 0 Å². The van der Waals surface area contributed by atoms with E-state index in [4.69, 9.17) is 14.3 Å². The van der Waals surface area contributed by atoms with E-state index in [1.807, 2.05) is 26.8 Å². The molecule has 1 aliphatic heterocycles. The summed E-state index contributed by atoms with van der Waals surface area (Å²) in [5, 5.41) is 0. The molecule has 0 radical (unpaired) electrons. The second-order valence-electron chi connectivity index (χ2n) is 7.69. The molecule has 1 aromatic carbocycles. The molecule has 4 rings (SSSR count). The van der Waals surface area contributed by atoms with Crippen LogP contribution in [0.3, 0.4) is 0 Å². The Bertz CT molecular complexity index is 716. The fourth-order valence-electron chi connectivity index (χ4n) is 3.52. The minimum absolute atomic E-state index is 0.380. The molecule has 1 saturated carbocycles. The highest BCUT2D eigenvalue weighted by Crippen LogP contribution is 2.36. The van der Waals surface area contributed by atoms with Gasteiger partial charge in [0.1, 0.15) is 11.4 Å². The first-order valence-corrected chi connectivity index (χ1v) is 8.56. The monoisotopic (exact) mass is 311 g/mol. The highest BCUT2D eigenvalue weighted by molar-refractivity contribution is 6.62. The van der Waals surface area contributed by atoms with Crippen LogP contribution in [0, 0.1) is 6.92 Å². The predicted molar refractivity (Wildman–Crippen MR) is 92.7 cm³/mol. The standard InChI is InChI=1S/C18H24BN2O2/c1-17(2)18(3,4)23-19(22-17)13-9-10-14-15(11-13)21-16(20-14)12-7-5-6-8-12/h9-12H,1,5-8H2,2-4H3,(H,20,21)/q+1. The third-order valence-corrected chi connectivity index (χ3v) is 5.58. The van der Waals surface area contributed by atoms with Gasteiger partial charge in [0.2, 0.25) is 5.60 Å². The van der Waals surface area contributed by atoms with Crippen molar-refractivity contribution >= 4 is 23.6 Å². The number of H-pyrrole nitrogens is 1. The van der Waals surface area contributed by atoms with Crippen molar-refractivity contribution in [1.82, 2.24) is 9.97 Å². The summed E-state index contributed by atoms with van der Waals surface area (Å²) in [6.07, 6.45) is 5.12. The lowest BCUT2D eigenvalue weighted by atomic mass is 9.79. The Morgan fingerprint density at radius 1 is 1.22 bits per heavy atom. The topological polar surface area (TPSA) is 47.1 Å². The van der Waals surface area contributed by atoms with Crippen molar-refractivity contribution in [2.45, 2.75) is 63.6 Å². The average molecular weight is 311 g/mol. The van der Waals surface area contributed by atoms with Gasteiger partial charge in [-0.2, -0.15) is 0 Å². The maximum Gasteiger partial charge on any atom is 0.498 e. The first kappa shape index (κ1) is 15.1. The quantitative estimate of drug-likeness (QED) is 0.683. The number of aromatic nitrogens is 2. The molecule has 4 nitrogen and oxygen atoms in total. The van der Waals surface area contributed by atoms with Crippen molar-refractivity contribution in [3.8, 4) is 0 Å². The van der Waals surface area contributed by atoms with E-state index >= 15 is 0 Å². The Morgan fingerprint density at radius 2 is 1.96 bits per heavy atom. The number of aromatic amines is 1. The van der Waals surface area contributed by atoms with Gasteiger partial charge in [-0.15, -0.1) is 0 Å². The van der Waals surface area contributed by atoms with Gasteiger partial charge in [-0.3, -0.25) is 0 Å². The van der Waals surface area contributed by atoms with Crippen LogP contribution in [0.1, 0.15) is 58.2 Å². The molecular formula is C18H24BN2O2+. The molecule has 0 bridgehead atoms. The molecule has 120 valence electrons. The van der Waals surface area contributed by atoms with E-state index in [-0.39, 0.29) is 7.12 Å². The molecule has 1 N–H and O–H groups in total. The molecule has 23 heavy (non-hydrogen) atoms. The highest BCUT2D eigenvalue weighted by Gasteiger charge is 2.57. The van der Waals surface area contributed by atoms with Crippen molar-refractivity contribution in [3.63, 3.8) is 0 Å². The van der Waals surface area contributed by atoms with Crippen molar-refractivity contribution in [3.05, 3.63) is 30.9 Å². The van der Waals surface area contributed by atoms with Crippen LogP contribution in [0.5, 0.6) is 0 Å². The van der Waals surface area contributed by atoms with Crippen LogP contribution in [0.2, 0.25) is 0 Å². The van der Waals surface area contributed by atoms with E-state index in [1.165, 1.54) is 25.7 Å². The SMILES string of the molecule is [CH2+]C1(C)OB(c2ccc3nc(C4CCCC4)[nH]c3c2)OC1(C)C. The molecule has 1 atom stereocenters. The number of rotatable bonds is 2. The molecule has 1 aromatic heterocycles. The number of hydrogen-bond acceptors (Lipinski definition) is 3. The van der Waals surface area contributed by atoms with E-state index < -0.39 is 11.2 Å². The third kappa shape index (κ3) is 2.46. The Kier molecular flexibility index (Phi) is 3.29. The fraction of sp³-hybridized carbons (Fsp3) is 0.556. The summed E-state index contributed by atoms with van der Waals surface area (Å²) in [5.41, 5.74) is 2.11. The second-order valence-corrected chi connectivity index (χ2v) is 7.69. The van der Waals surface area contributed by atoms with Gasteiger partial charge in [-0.25, -0.2) is 4.98 Å².